The Balaban J connectivity index is 1.87. The van der Waals surface area contributed by atoms with Gasteiger partial charge < -0.3 is 14.6 Å². The van der Waals surface area contributed by atoms with Crippen molar-refractivity contribution < 1.29 is 24.2 Å². The molecule has 0 aromatic heterocycles. The average molecular weight is 403 g/mol. The summed E-state index contributed by atoms with van der Waals surface area (Å²) in [6.07, 6.45) is 4.70. The fraction of sp³-hybridized carbons (Fsp3) is 0.667. The number of ether oxygens (including phenoxy) is 2. The summed E-state index contributed by atoms with van der Waals surface area (Å²) in [5.74, 6) is 1.05. The lowest BCUT2D eigenvalue weighted by Crippen LogP contribution is -2.44. The predicted octanol–water partition coefficient (Wildman–Crippen LogP) is 4.99. The van der Waals surface area contributed by atoms with Crippen molar-refractivity contribution in [1.29, 1.82) is 0 Å². The summed E-state index contributed by atoms with van der Waals surface area (Å²) < 4.78 is 11.4. The molecule has 0 radical (unpaired) electrons. The van der Waals surface area contributed by atoms with Crippen LogP contribution in [0.15, 0.2) is 6.07 Å². The van der Waals surface area contributed by atoms with E-state index < -0.39 is 11.6 Å². The van der Waals surface area contributed by atoms with E-state index in [1.807, 2.05) is 0 Å². The van der Waals surface area contributed by atoms with Crippen molar-refractivity contribution in [3.05, 3.63) is 22.8 Å². The molecule has 0 spiro atoms. The normalized spacial score (nSPS) is 31.7. The first-order valence-electron chi connectivity index (χ1n) is 10.7. The van der Waals surface area contributed by atoms with Crippen LogP contribution in [-0.4, -0.2) is 29.6 Å². The van der Waals surface area contributed by atoms with Crippen molar-refractivity contribution in [2.45, 2.75) is 78.7 Å². The number of benzene rings is 1. The number of hydrogen-bond donors (Lipinski definition) is 1. The molecule has 1 N–H and O–H groups in total. The second kappa shape index (κ2) is 7.66. The van der Waals surface area contributed by atoms with Crippen molar-refractivity contribution in [3.63, 3.8) is 0 Å². The Bertz CT molecular complexity index is 829. The monoisotopic (exact) mass is 402 g/mol. The van der Waals surface area contributed by atoms with Crippen LogP contribution in [0.5, 0.6) is 11.5 Å². The average Bonchev–Trinajstić information content (AvgIpc) is 2.67. The lowest BCUT2D eigenvalue weighted by atomic mass is 9.59. The SMILES string of the molecule is COC(=O)c1c(C)cc(O)c2c1OC(C)(CC[C@@]1(C)[C@H](C)CCC(=O)[C@@H]1C)CC2. The number of phenols is 1. The van der Waals surface area contributed by atoms with E-state index in [0.29, 0.717) is 47.0 Å². The molecule has 4 atom stereocenters. The van der Waals surface area contributed by atoms with E-state index in [1.165, 1.54) is 7.11 Å². The Hall–Kier alpha value is -2.04. The van der Waals surface area contributed by atoms with E-state index >= 15 is 0 Å². The van der Waals surface area contributed by atoms with Crippen molar-refractivity contribution in [2.75, 3.05) is 7.11 Å². The van der Waals surface area contributed by atoms with Gasteiger partial charge in [0.25, 0.3) is 0 Å². The van der Waals surface area contributed by atoms with Gasteiger partial charge >= 0.3 is 5.97 Å². The zero-order valence-corrected chi connectivity index (χ0v) is 18.6. The minimum Gasteiger partial charge on any atom is -0.508 e. The third kappa shape index (κ3) is 3.76. The summed E-state index contributed by atoms with van der Waals surface area (Å²) in [6, 6.07) is 1.61. The summed E-state index contributed by atoms with van der Waals surface area (Å²) in [4.78, 5) is 24.8. The van der Waals surface area contributed by atoms with Gasteiger partial charge in [0.2, 0.25) is 0 Å². The first-order chi connectivity index (χ1) is 13.5. The standard InChI is InChI=1S/C24H34O5/c1-14-13-19(26)17-9-10-23(4,29-21(17)20(14)22(27)28-6)11-12-24(5)15(2)7-8-18(25)16(24)3/h13,15-16,26H,7-12H2,1-6H3/t15-,16+,23?,24+/m1/s1. The Kier molecular flexibility index (Phi) is 5.72. The van der Waals surface area contributed by atoms with Crippen LogP contribution in [0.1, 0.15) is 81.3 Å². The number of methoxy groups -OCH3 is 1. The van der Waals surface area contributed by atoms with E-state index in [4.69, 9.17) is 9.47 Å². The summed E-state index contributed by atoms with van der Waals surface area (Å²) in [5, 5.41) is 10.4. The fourth-order valence-corrected chi connectivity index (χ4v) is 5.08. The van der Waals surface area contributed by atoms with Gasteiger partial charge in [-0.05, 0) is 68.9 Å². The molecule has 1 aliphatic heterocycles. The van der Waals surface area contributed by atoms with Crippen molar-refractivity contribution in [1.82, 2.24) is 0 Å². The number of hydrogen-bond acceptors (Lipinski definition) is 5. The lowest BCUT2D eigenvalue weighted by molar-refractivity contribution is -0.133. The van der Waals surface area contributed by atoms with E-state index in [9.17, 15) is 14.7 Å². The van der Waals surface area contributed by atoms with Gasteiger partial charge in [-0.25, -0.2) is 4.79 Å². The van der Waals surface area contributed by atoms with Gasteiger partial charge in [0, 0.05) is 17.9 Å². The number of Topliss-reactive ketones (excluding diaryl/α,β-unsaturated/α-hetero) is 1. The molecule has 29 heavy (non-hydrogen) atoms. The Labute approximate surface area is 173 Å². The molecule has 3 rings (SSSR count). The molecule has 160 valence electrons. The number of rotatable bonds is 4. The quantitative estimate of drug-likeness (QED) is 0.718. The van der Waals surface area contributed by atoms with E-state index in [0.717, 1.165) is 25.7 Å². The highest BCUT2D eigenvalue weighted by molar-refractivity contribution is 5.95. The molecular weight excluding hydrogens is 368 g/mol. The molecule has 1 saturated carbocycles. The summed E-state index contributed by atoms with van der Waals surface area (Å²) in [6.45, 7) is 10.4. The molecule has 0 saturated heterocycles. The van der Waals surface area contributed by atoms with Gasteiger partial charge in [0.05, 0.1) is 7.11 Å². The summed E-state index contributed by atoms with van der Waals surface area (Å²) >= 11 is 0. The molecule has 1 aromatic carbocycles. The number of fused-ring (bicyclic) bond motifs is 1. The van der Waals surface area contributed by atoms with Crippen molar-refractivity contribution in [2.24, 2.45) is 17.3 Å². The van der Waals surface area contributed by atoms with Gasteiger partial charge in [-0.2, -0.15) is 0 Å². The third-order valence-corrected chi connectivity index (χ3v) is 7.81. The number of aryl methyl sites for hydroxylation is 1. The number of esters is 1. The highest BCUT2D eigenvalue weighted by Gasteiger charge is 2.45. The second-order valence-electron chi connectivity index (χ2n) is 9.57. The Morgan fingerprint density at radius 2 is 1.97 bits per heavy atom. The molecule has 1 aliphatic carbocycles. The molecule has 0 bridgehead atoms. The number of phenolic OH excluding ortho intramolecular Hbond substituents is 1. The van der Waals surface area contributed by atoms with Gasteiger partial charge in [0.15, 0.2) is 0 Å². The molecule has 5 nitrogen and oxygen atoms in total. The van der Waals surface area contributed by atoms with Gasteiger partial charge in [-0.3, -0.25) is 4.79 Å². The molecule has 5 heteroatoms. The van der Waals surface area contributed by atoms with Crippen LogP contribution in [0.4, 0.5) is 0 Å². The number of aromatic hydroxyl groups is 1. The first kappa shape index (κ1) is 21.7. The van der Waals surface area contributed by atoms with Crippen LogP contribution in [0.2, 0.25) is 0 Å². The second-order valence-corrected chi connectivity index (χ2v) is 9.57. The molecule has 2 aliphatic rings. The Morgan fingerprint density at radius 1 is 1.28 bits per heavy atom. The van der Waals surface area contributed by atoms with Crippen LogP contribution < -0.4 is 4.74 Å². The summed E-state index contributed by atoms with van der Waals surface area (Å²) in [5.41, 5.74) is 1.20. The number of carbonyl (C=O) groups is 2. The maximum Gasteiger partial charge on any atom is 0.341 e. The smallest absolute Gasteiger partial charge is 0.341 e. The molecule has 0 amide bonds. The lowest BCUT2D eigenvalue weighted by Gasteiger charge is -2.46. The zero-order valence-electron chi connectivity index (χ0n) is 18.6. The molecule has 1 aromatic rings. The minimum atomic E-state index is -0.459. The van der Waals surface area contributed by atoms with Crippen LogP contribution in [-0.2, 0) is 16.0 Å². The first-order valence-corrected chi connectivity index (χ1v) is 10.7. The summed E-state index contributed by atoms with van der Waals surface area (Å²) in [7, 11) is 1.35. The molecule has 1 unspecified atom stereocenters. The van der Waals surface area contributed by atoms with E-state index in [1.54, 1.807) is 13.0 Å². The highest BCUT2D eigenvalue weighted by atomic mass is 16.5. The third-order valence-electron chi connectivity index (χ3n) is 7.81. The van der Waals surface area contributed by atoms with Crippen molar-refractivity contribution >= 4 is 11.8 Å². The minimum absolute atomic E-state index is 0.0441. The van der Waals surface area contributed by atoms with Gasteiger partial charge in [-0.15, -0.1) is 0 Å². The Morgan fingerprint density at radius 3 is 2.62 bits per heavy atom. The number of ketones is 1. The van der Waals surface area contributed by atoms with Gasteiger partial charge in [0.1, 0.15) is 28.4 Å². The highest BCUT2D eigenvalue weighted by Crippen LogP contribution is 2.50. The van der Waals surface area contributed by atoms with Crippen LogP contribution >= 0.6 is 0 Å². The van der Waals surface area contributed by atoms with Crippen LogP contribution in [0.3, 0.4) is 0 Å². The zero-order chi connectivity index (χ0) is 21.6. The van der Waals surface area contributed by atoms with Gasteiger partial charge in [-0.1, -0.05) is 20.8 Å². The molecule has 1 fully saturated rings. The van der Waals surface area contributed by atoms with E-state index in [2.05, 4.69) is 27.7 Å². The van der Waals surface area contributed by atoms with E-state index in [-0.39, 0.29) is 17.1 Å². The van der Waals surface area contributed by atoms with Crippen LogP contribution in [0.25, 0.3) is 0 Å². The maximum atomic E-state index is 12.4. The molecular formula is C24H34O5. The topological polar surface area (TPSA) is 72.8 Å². The number of carbonyl (C=O) groups excluding carboxylic acids is 2. The fourth-order valence-electron chi connectivity index (χ4n) is 5.08. The van der Waals surface area contributed by atoms with Crippen molar-refractivity contribution in [3.8, 4) is 11.5 Å². The van der Waals surface area contributed by atoms with Crippen LogP contribution in [0, 0.1) is 24.2 Å². The predicted molar refractivity (Wildman–Crippen MR) is 111 cm³/mol. The largest absolute Gasteiger partial charge is 0.508 e. The maximum absolute atomic E-state index is 12.4. The molecule has 1 heterocycles.